The molecule has 0 saturated carbocycles. The molecular formula is C28H25BClN5. The molecule has 1 N–H and O–H groups in total. The standard InChI is InChI=1S/C28H25BClN5/c29-24-17-31-35-27(16-26(33-28(24)35)23-7-3-4-8-25(23)30)32-22-11-13-34(14-12-22)18-19-9-10-20-5-1-2-6-21(20)15-19/h1-10,15-17,22,32H,11-14,18H2. The molecule has 0 unspecified atom stereocenters. The van der Waals surface area contributed by atoms with Crippen LogP contribution in [0, 0.1) is 0 Å². The summed E-state index contributed by atoms with van der Waals surface area (Å²) in [5.74, 6) is 0.884. The maximum absolute atomic E-state index is 6.46. The summed E-state index contributed by atoms with van der Waals surface area (Å²) in [7, 11) is 6.18. The molecule has 0 bridgehead atoms. The molecule has 1 aliphatic heterocycles. The first kappa shape index (κ1) is 22.1. The third kappa shape index (κ3) is 4.52. The zero-order valence-corrected chi connectivity index (χ0v) is 20.1. The van der Waals surface area contributed by atoms with Crippen LogP contribution < -0.4 is 10.8 Å². The van der Waals surface area contributed by atoms with E-state index in [0.29, 0.717) is 22.2 Å². The van der Waals surface area contributed by atoms with Gasteiger partial charge in [-0.1, -0.05) is 66.2 Å². The minimum Gasteiger partial charge on any atom is -0.367 e. The normalized spacial score (nSPS) is 15.1. The van der Waals surface area contributed by atoms with Crippen LogP contribution in [-0.2, 0) is 6.54 Å². The Labute approximate surface area is 211 Å². The second-order valence-corrected chi connectivity index (χ2v) is 9.63. The van der Waals surface area contributed by atoms with Gasteiger partial charge in [0.15, 0.2) is 5.65 Å². The van der Waals surface area contributed by atoms with Crippen molar-refractivity contribution < 1.29 is 0 Å². The minimum atomic E-state index is 0.345. The highest BCUT2D eigenvalue weighted by Gasteiger charge is 2.21. The highest BCUT2D eigenvalue weighted by Crippen LogP contribution is 2.29. The number of rotatable bonds is 5. The van der Waals surface area contributed by atoms with E-state index in [-0.39, 0.29) is 0 Å². The van der Waals surface area contributed by atoms with Gasteiger partial charge in [0.1, 0.15) is 13.7 Å². The molecule has 3 aromatic carbocycles. The molecule has 6 rings (SSSR count). The summed E-state index contributed by atoms with van der Waals surface area (Å²) < 4.78 is 1.79. The maximum Gasteiger partial charge on any atom is 0.150 e. The van der Waals surface area contributed by atoms with Crippen molar-refractivity contribution in [2.75, 3.05) is 18.4 Å². The van der Waals surface area contributed by atoms with Crippen LogP contribution >= 0.6 is 11.6 Å². The predicted octanol–water partition coefficient (Wildman–Crippen LogP) is 5.07. The van der Waals surface area contributed by atoms with Crippen LogP contribution in [0.4, 0.5) is 5.82 Å². The van der Waals surface area contributed by atoms with Gasteiger partial charge in [0.2, 0.25) is 0 Å². The monoisotopic (exact) mass is 477 g/mol. The minimum absolute atomic E-state index is 0.345. The number of hydrogen-bond acceptors (Lipinski definition) is 4. The van der Waals surface area contributed by atoms with E-state index in [0.717, 1.165) is 49.6 Å². The SMILES string of the molecule is [B]c1cnn2c(NC3CCN(Cc4ccc5ccccc5c4)CC3)cc(-c3ccccc3Cl)nc12. The van der Waals surface area contributed by atoms with Crippen molar-refractivity contribution in [2.24, 2.45) is 0 Å². The highest BCUT2D eigenvalue weighted by atomic mass is 35.5. The summed E-state index contributed by atoms with van der Waals surface area (Å²) >= 11 is 6.46. The van der Waals surface area contributed by atoms with Gasteiger partial charge in [-0.15, -0.1) is 0 Å². The summed E-state index contributed by atoms with van der Waals surface area (Å²) in [6, 6.07) is 25.4. The van der Waals surface area contributed by atoms with E-state index in [2.05, 4.69) is 57.8 Å². The van der Waals surface area contributed by atoms with Crippen LogP contribution in [0.2, 0.25) is 5.02 Å². The lowest BCUT2D eigenvalue weighted by Gasteiger charge is -2.33. The topological polar surface area (TPSA) is 45.5 Å². The fourth-order valence-electron chi connectivity index (χ4n) is 4.93. The van der Waals surface area contributed by atoms with Crippen LogP contribution in [0.15, 0.2) is 79.0 Å². The molecule has 172 valence electrons. The van der Waals surface area contributed by atoms with Gasteiger partial charge in [0.05, 0.1) is 5.69 Å². The largest absolute Gasteiger partial charge is 0.367 e. The first-order valence-corrected chi connectivity index (χ1v) is 12.4. The van der Waals surface area contributed by atoms with Crippen LogP contribution in [0.3, 0.4) is 0 Å². The quantitative estimate of drug-likeness (QED) is 0.359. The number of nitrogens with zero attached hydrogens (tertiary/aromatic N) is 4. The van der Waals surface area contributed by atoms with Gasteiger partial charge >= 0.3 is 0 Å². The Morgan fingerprint density at radius 1 is 0.943 bits per heavy atom. The Morgan fingerprint density at radius 2 is 1.71 bits per heavy atom. The Hall–Kier alpha value is -3.35. The molecule has 1 aliphatic rings. The lowest BCUT2D eigenvalue weighted by Crippen LogP contribution is -2.39. The Balaban J connectivity index is 1.18. The summed E-state index contributed by atoms with van der Waals surface area (Å²) in [6.45, 7) is 3.05. The van der Waals surface area contributed by atoms with Gasteiger partial charge in [-0.2, -0.15) is 9.61 Å². The molecule has 3 heterocycles. The van der Waals surface area contributed by atoms with Gasteiger partial charge in [-0.05, 0) is 46.8 Å². The van der Waals surface area contributed by atoms with Crippen molar-refractivity contribution in [1.29, 1.82) is 0 Å². The van der Waals surface area contributed by atoms with Crippen molar-refractivity contribution >= 4 is 47.1 Å². The lowest BCUT2D eigenvalue weighted by molar-refractivity contribution is 0.211. The van der Waals surface area contributed by atoms with Crippen LogP contribution in [0.5, 0.6) is 0 Å². The molecule has 1 saturated heterocycles. The second kappa shape index (κ2) is 9.36. The number of hydrogen-bond donors (Lipinski definition) is 1. The number of aromatic nitrogens is 3. The number of likely N-dealkylation sites (tertiary alicyclic amines) is 1. The van der Waals surface area contributed by atoms with Gasteiger partial charge in [-0.3, -0.25) is 4.90 Å². The number of halogens is 1. The van der Waals surface area contributed by atoms with E-state index < -0.39 is 0 Å². The van der Waals surface area contributed by atoms with E-state index in [1.54, 1.807) is 10.7 Å². The van der Waals surface area contributed by atoms with Gasteiger partial charge in [0, 0.05) is 48.5 Å². The first-order chi connectivity index (χ1) is 17.1. The van der Waals surface area contributed by atoms with Gasteiger partial charge in [-0.25, -0.2) is 4.98 Å². The zero-order valence-electron chi connectivity index (χ0n) is 19.4. The van der Waals surface area contributed by atoms with Gasteiger partial charge < -0.3 is 5.32 Å². The molecule has 0 spiro atoms. The van der Waals surface area contributed by atoms with E-state index in [9.17, 15) is 0 Å². The molecular weight excluding hydrogens is 453 g/mol. The highest BCUT2D eigenvalue weighted by molar-refractivity contribution is 6.36. The number of anilines is 1. The fourth-order valence-corrected chi connectivity index (χ4v) is 5.16. The van der Waals surface area contributed by atoms with Crippen LogP contribution in [0.25, 0.3) is 27.7 Å². The summed E-state index contributed by atoms with van der Waals surface area (Å²) in [5.41, 5.74) is 4.21. The van der Waals surface area contributed by atoms with Crippen LogP contribution in [-0.4, -0.2) is 46.5 Å². The number of nitrogens with one attached hydrogen (secondary N) is 1. The molecule has 5 aromatic rings. The van der Waals surface area contributed by atoms with E-state index in [1.165, 1.54) is 16.3 Å². The number of fused-ring (bicyclic) bond motifs is 2. The molecule has 0 amide bonds. The zero-order chi connectivity index (χ0) is 23.8. The third-order valence-corrected chi connectivity index (χ3v) is 7.14. The van der Waals surface area contributed by atoms with Crippen molar-refractivity contribution in [1.82, 2.24) is 19.5 Å². The molecule has 7 heteroatoms. The molecule has 35 heavy (non-hydrogen) atoms. The molecule has 1 fully saturated rings. The first-order valence-electron chi connectivity index (χ1n) is 12.0. The van der Waals surface area contributed by atoms with E-state index >= 15 is 0 Å². The molecule has 0 aliphatic carbocycles. The third-order valence-electron chi connectivity index (χ3n) is 6.81. The lowest BCUT2D eigenvalue weighted by atomic mass is 10.0. The average molecular weight is 478 g/mol. The number of benzene rings is 3. The summed E-state index contributed by atoms with van der Waals surface area (Å²) in [6.07, 6.45) is 3.75. The second-order valence-electron chi connectivity index (χ2n) is 9.22. The van der Waals surface area contributed by atoms with Gasteiger partial charge in [0.25, 0.3) is 0 Å². The van der Waals surface area contributed by atoms with Crippen molar-refractivity contribution in [3.8, 4) is 11.3 Å². The Morgan fingerprint density at radius 3 is 2.54 bits per heavy atom. The fraction of sp³-hybridized carbons (Fsp3) is 0.214. The summed E-state index contributed by atoms with van der Waals surface area (Å²) in [5, 5.41) is 11.4. The molecule has 2 radical (unpaired) electrons. The molecule has 2 aromatic heterocycles. The van der Waals surface area contributed by atoms with Crippen molar-refractivity contribution in [3.63, 3.8) is 0 Å². The summed E-state index contributed by atoms with van der Waals surface area (Å²) in [4.78, 5) is 7.28. The maximum atomic E-state index is 6.46. The predicted molar refractivity (Wildman–Crippen MR) is 145 cm³/mol. The Kier molecular flexibility index (Phi) is 5.92. The van der Waals surface area contributed by atoms with E-state index in [1.807, 2.05) is 30.3 Å². The molecule has 0 atom stereocenters. The molecule has 5 nitrogen and oxygen atoms in total. The van der Waals surface area contributed by atoms with Crippen LogP contribution in [0.1, 0.15) is 18.4 Å². The smallest absolute Gasteiger partial charge is 0.150 e. The van der Waals surface area contributed by atoms with Crippen molar-refractivity contribution in [2.45, 2.75) is 25.4 Å². The van der Waals surface area contributed by atoms with Crippen molar-refractivity contribution in [3.05, 3.63) is 89.6 Å². The number of piperidine rings is 1. The van der Waals surface area contributed by atoms with E-state index in [4.69, 9.17) is 24.4 Å². The Bertz CT molecular complexity index is 1510. The average Bonchev–Trinajstić information content (AvgIpc) is 3.26.